The molecule has 0 bridgehead atoms. The number of aliphatic hydroxyl groups is 1. The number of methoxy groups -OCH3 is 1. The van der Waals surface area contributed by atoms with E-state index in [9.17, 15) is 8.42 Å². The maximum absolute atomic E-state index is 12.5. The van der Waals surface area contributed by atoms with Crippen LogP contribution in [0.1, 0.15) is 5.56 Å². The summed E-state index contributed by atoms with van der Waals surface area (Å²) in [6, 6.07) is 4.74. The molecule has 0 aromatic heterocycles. The molecule has 108 valence electrons. The quantitative estimate of drug-likeness (QED) is 0.824. The molecule has 0 fully saturated rings. The lowest BCUT2D eigenvalue weighted by Crippen LogP contribution is -2.36. The summed E-state index contributed by atoms with van der Waals surface area (Å²) in [5.41, 5.74) is 0.504. The van der Waals surface area contributed by atoms with Gasteiger partial charge in [0.15, 0.2) is 0 Å². The SMILES string of the molecule is COCCN(CCO)S(=O)(=O)c1cccc(Cl)c1C. The zero-order valence-corrected chi connectivity index (χ0v) is 12.5. The van der Waals surface area contributed by atoms with Crippen LogP contribution >= 0.6 is 11.6 Å². The lowest BCUT2D eigenvalue weighted by molar-refractivity contribution is 0.168. The summed E-state index contributed by atoms with van der Waals surface area (Å²) in [7, 11) is -2.19. The molecule has 0 aliphatic carbocycles. The van der Waals surface area contributed by atoms with E-state index in [1.807, 2.05) is 0 Å². The number of rotatable bonds is 7. The Bertz CT molecular complexity index is 518. The van der Waals surface area contributed by atoms with Crippen LogP contribution in [0.3, 0.4) is 0 Å². The Labute approximate surface area is 118 Å². The molecule has 0 aliphatic rings. The van der Waals surface area contributed by atoms with Gasteiger partial charge < -0.3 is 9.84 Å². The van der Waals surface area contributed by atoms with E-state index in [-0.39, 0.29) is 31.2 Å². The van der Waals surface area contributed by atoms with Crippen LogP contribution in [0.25, 0.3) is 0 Å². The number of sulfonamides is 1. The van der Waals surface area contributed by atoms with Crippen molar-refractivity contribution < 1.29 is 18.3 Å². The van der Waals surface area contributed by atoms with Gasteiger partial charge in [0.25, 0.3) is 0 Å². The molecular weight excluding hydrogens is 290 g/mol. The van der Waals surface area contributed by atoms with Gasteiger partial charge in [-0.05, 0) is 24.6 Å². The van der Waals surface area contributed by atoms with Gasteiger partial charge in [-0.15, -0.1) is 0 Å². The smallest absolute Gasteiger partial charge is 0.243 e. The van der Waals surface area contributed by atoms with Crippen molar-refractivity contribution >= 4 is 21.6 Å². The number of aliphatic hydroxyl groups excluding tert-OH is 1. The lowest BCUT2D eigenvalue weighted by atomic mass is 10.2. The highest BCUT2D eigenvalue weighted by Crippen LogP contribution is 2.25. The largest absolute Gasteiger partial charge is 0.395 e. The number of hydrogen-bond donors (Lipinski definition) is 1. The molecule has 0 unspecified atom stereocenters. The second-order valence-corrected chi connectivity index (χ2v) is 6.30. The maximum atomic E-state index is 12.5. The maximum Gasteiger partial charge on any atom is 0.243 e. The van der Waals surface area contributed by atoms with E-state index in [2.05, 4.69) is 0 Å². The molecule has 0 saturated heterocycles. The molecule has 19 heavy (non-hydrogen) atoms. The van der Waals surface area contributed by atoms with E-state index in [0.29, 0.717) is 10.6 Å². The van der Waals surface area contributed by atoms with Crippen molar-refractivity contribution in [2.45, 2.75) is 11.8 Å². The molecule has 0 amide bonds. The first kappa shape index (κ1) is 16.4. The summed E-state index contributed by atoms with van der Waals surface area (Å²) >= 11 is 5.95. The molecule has 1 N–H and O–H groups in total. The predicted molar refractivity (Wildman–Crippen MR) is 73.9 cm³/mol. The highest BCUT2D eigenvalue weighted by molar-refractivity contribution is 7.89. The Kier molecular flexibility index (Phi) is 6.22. The molecule has 0 saturated carbocycles. The first-order valence-corrected chi connectivity index (χ1v) is 7.62. The molecule has 1 aromatic rings. The standard InChI is InChI=1S/C12H18ClNO4S/c1-10-11(13)4-3-5-12(10)19(16,17)14(6-8-15)7-9-18-2/h3-5,15H,6-9H2,1-2H3. The first-order chi connectivity index (χ1) is 8.95. The minimum Gasteiger partial charge on any atom is -0.395 e. The van der Waals surface area contributed by atoms with Gasteiger partial charge in [-0.1, -0.05) is 17.7 Å². The Hall–Kier alpha value is -0.660. The van der Waals surface area contributed by atoms with Crippen LogP contribution in [0.5, 0.6) is 0 Å². The van der Waals surface area contributed by atoms with Gasteiger partial charge in [0.05, 0.1) is 18.1 Å². The van der Waals surface area contributed by atoms with E-state index < -0.39 is 10.0 Å². The predicted octanol–water partition coefficient (Wildman–Crippen LogP) is 1.28. The summed E-state index contributed by atoms with van der Waals surface area (Å²) in [4.78, 5) is 0.157. The van der Waals surface area contributed by atoms with Gasteiger partial charge >= 0.3 is 0 Å². The normalized spacial score (nSPS) is 12.1. The van der Waals surface area contributed by atoms with E-state index in [1.54, 1.807) is 19.1 Å². The highest BCUT2D eigenvalue weighted by Gasteiger charge is 2.25. The first-order valence-electron chi connectivity index (χ1n) is 5.80. The Morgan fingerprint density at radius 1 is 1.37 bits per heavy atom. The fourth-order valence-electron chi connectivity index (χ4n) is 1.66. The molecule has 7 heteroatoms. The van der Waals surface area contributed by atoms with Crippen molar-refractivity contribution in [1.82, 2.24) is 4.31 Å². The molecule has 1 aromatic carbocycles. The second kappa shape index (κ2) is 7.21. The monoisotopic (exact) mass is 307 g/mol. The van der Waals surface area contributed by atoms with Crippen molar-refractivity contribution in [3.8, 4) is 0 Å². The summed E-state index contributed by atoms with van der Waals surface area (Å²) in [6.45, 7) is 1.88. The van der Waals surface area contributed by atoms with Crippen LogP contribution in [0.4, 0.5) is 0 Å². The van der Waals surface area contributed by atoms with Crippen molar-refractivity contribution in [3.05, 3.63) is 28.8 Å². The van der Waals surface area contributed by atoms with Crippen LogP contribution in [0.2, 0.25) is 5.02 Å². The van der Waals surface area contributed by atoms with Crippen LogP contribution < -0.4 is 0 Å². The lowest BCUT2D eigenvalue weighted by Gasteiger charge is -2.22. The Balaban J connectivity index is 3.15. The molecular formula is C12H18ClNO4S. The van der Waals surface area contributed by atoms with Gasteiger partial charge in [-0.3, -0.25) is 0 Å². The minimum absolute atomic E-state index is 0.0254. The number of ether oxygens (including phenoxy) is 1. The fraction of sp³-hybridized carbons (Fsp3) is 0.500. The van der Waals surface area contributed by atoms with E-state index in [1.165, 1.54) is 17.5 Å². The molecule has 0 atom stereocenters. The van der Waals surface area contributed by atoms with E-state index in [4.69, 9.17) is 21.4 Å². The molecule has 0 spiro atoms. The number of hydrogen-bond acceptors (Lipinski definition) is 4. The average molecular weight is 308 g/mol. The van der Waals surface area contributed by atoms with Gasteiger partial charge in [0.2, 0.25) is 10.0 Å². The molecule has 0 radical (unpaired) electrons. The van der Waals surface area contributed by atoms with Gasteiger partial charge in [-0.2, -0.15) is 4.31 Å². The molecule has 0 aliphatic heterocycles. The van der Waals surface area contributed by atoms with Crippen molar-refractivity contribution in [2.24, 2.45) is 0 Å². The van der Waals surface area contributed by atoms with Crippen molar-refractivity contribution in [2.75, 3.05) is 33.4 Å². The highest BCUT2D eigenvalue weighted by atomic mass is 35.5. The fourth-order valence-corrected chi connectivity index (χ4v) is 3.56. The summed E-state index contributed by atoms with van der Waals surface area (Å²) < 4.78 is 31.1. The van der Waals surface area contributed by atoms with Crippen LogP contribution in [0, 0.1) is 6.92 Å². The van der Waals surface area contributed by atoms with Crippen molar-refractivity contribution in [3.63, 3.8) is 0 Å². The topological polar surface area (TPSA) is 66.8 Å². The second-order valence-electron chi connectivity index (χ2n) is 3.98. The minimum atomic E-state index is -3.68. The van der Waals surface area contributed by atoms with Crippen molar-refractivity contribution in [1.29, 1.82) is 0 Å². The zero-order chi connectivity index (χ0) is 14.5. The third-order valence-electron chi connectivity index (χ3n) is 2.73. The number of benzene rings is 1. The average Bonchev–Trinajstić information content (AvgIpc) is 2.37. The number of nitrogens with zero attached hydrogens (tertiary/aromatic N) is 1. The summed E-state index contributed by atoms with van der Waals surface area (Å²) in [5, 5.41) is 9.40. The van der Waals surface area contributed by atoms with Gasteiger partial charge in [0, 0.05) is 25.2 Å². The molecule has 5 nitrogen and oxygen atoms in total. The third-order valence-corrected chi connectivity index (χ3v) is 5.18. The van der Waals surface area contributed by atoms with E-state index in [0.717, 1.165) is 0 Å². The van der Waals surface area contributed by atoms with E-state index >= 15 is 0 Å². The number of halogens is 1. The molecule has 1 rings (SSSR count). The van der Waals surface area contributed by atoms with Gasteiger partial charge in [-0.25, -0.2) is 8.42 Å². The Morgan fingerprint density at radius 3 is 2.63 bits per heavy atom. The van der Waals surface area contributed by atoms with Gasteiger partial charge in [0.1, 0.15) is 0 Å². The Morgan fingerprint density at radius 2 is 2.05 bits per heavy atom. The molecule has 0 heterocycles. The summed E-state index contributed by atoms with van der Waals surface area (Å²) in [5.74, 6) is 0. The summed E-state index contributed by atoms with van der Waals surface area (Å²) in [6.07, 6.45) is 0. The van der Waals surface area contributed by atoms with Crippen LogP contribution in [-0.2, 0) is 14.8 Å². The zero-order valence-electron chi connectivity index (χ0n) is 11.0. The van der Waals surface area contributed by atoms with Crippen LogP contribution in [-0.4, -0.2) is 51.2 Å². The van der Waals surface area contributed by atoms with Crippen LogP contribution in [0.15, 0.2) is 23.1 Å². The third kappa shape index (κ3) is 3.90.